The summed E-state index contributed by atoms with van der Waals surface area (Å²) in [5.41, 5.74) is 0. The maximum atomic E-state index is 12.4. The van der Waals surface area contributed by atoms with Crippen molar-refractivity contribution in [2.24, 2.45) is 0 Å². The molecule has 366 valence electrons. The molecule has 0 spiro atoms. The van der Waals surface area contributed by atoms with E-state index in [-0.39, 0.29) is 12.5 Å². The lowest BCUT2D eigenvalue weighted by Crippen LogP contribution is -2.45. The Balaban J connectivity index is 3.57. The van der Waals surface area contributed by atoms with E-state index >= 15 is 0 Å². The Bertz CT molecular complexity index is 1230. The molecule has 0 rings (SSSR count). The normalized spacial score (nSPS) is 13.8. The van der Waals surface area contributed by atoms with Crippen molar-refractivity contribution in [2.45, 2.75) is 257 Å². The molecule has 4 nitrogen and oxygen atoms in total. The van der Waals surface area contributed by atoms with E-state index in [1.165, 1.54) is 148 Å². The molecule has 0 aliphatic carbocycles. The molecule has 1 amide bonds. The van der Waals surface area contributed by atoms with Crippen LogP contribution < -0.4 is 5.32 Å². The Morgan fingerprint density at radius 2 is 0.688 bits per heavy atom. The first-order chi connectivity index (χ1) is 31.7. The molecule has 64 heavy (non-hydrogen) atoms. The van der Waals surface area contributed by atoms with Gasteiger partial charge in [0.2, 0.25) is 5.91 Å². The number of unbranched alkanes of at least 4 members (excludes halogenated alkanes) is 25. The Hall–Kier alpha value is -2.95. The third-order valence-corrected chi connectivity index (χ3v) is 11.8. The first-order valence-electron chi connectivity index (χ1n) is 27.1. The molecule has 4 heteroatoms. The maximum absolute atomic E-state index is 12.4. The minimum Gasteiger partial charge on any atom is -0.394 e. The highest BCUT2D eigenvalue weighted by Crippen LogP contribution is 2.15. The van der Waals surface area contributed by atoms with Gasteiger partial charge in [-0.05, 0) is 83.5 Å². The van der Waals surface area contributed by atoms with Gasteiger partial charge < -0.3 is 15.5 Å². The van der Waals surface area contributed by atoms with Crippen molar-refractivity contribution in [1.82, 2.24) is 5.32 Å². The number of carbonyl (C=O) groups excluding carboxylic acids is 1. The van der Waals surface area contributed by atoms with Crippen molar-refractivity contribution < 1.29 is 15.0 Å². The van der Waals surface area contributed by atoms with E-state index in [1.807, 2.05) is 6.08 Å². The molecule has 0 bridgehead atoms. The van der Waals surface area contributed by atoms with Crippen molar-refractivity contribution in [2.75, 3.05) is 6.61 Å². The van der Waals surface area contributed by atoms with Crippen molar-refractivity contribution in [1.29, 1.82) is 0 Å². The van der Waals surface area contributed by atoms with Crippen LogP contribution in [-0.4, -0.2) is 34.9 Å². The molecule has 0 aromatic heterocycles. The monoisotopic (exact) mass is 886 g/mol. The predicted molar refractivity (Wildman–Crippen MR) is 285 cm³/mol. The lowest BCUT2D eigenvalue weighted by atomic mass is 10.0. The molecule has 2 unspecified atom stereocenters. The van der Waals surface area contributed by atoms with E-state index in [9.17, 15) is 15.0 Å². The molecule has 0 fully saturated rings. The van der Waals surface area contributed by atoms with E-state index in [1.54, 1.807) is 6.08 Å². The molecular formula is C60H103NO3. The summed E-state index contributed by atoms with van der Waals surface area (Å²) >= 11 is 0. The third kappa shape index (κ3) is 50.1. The second-order valence-electron chi connectivity index (χ2n) is 17.9. The van der Waals surface area contributed by atoms with E-state index < -0.39 is 12.1 Å². The van der Waals surface area contributed by atoms with Crippen LogP contribution in [0.1, 0.15) is 245 Å². The molecular weight excluding hydrogens is 783 g/mol. The van der Waals surface area contributed by atoms with Crippen LogP contribution in [0.5, 0.6) is 0 Å². The molecule has 3 N–H and O–H groups in total. The highest BCUT2D eigenvalue weighted by atomic mass is 16.3. The first-order valence-corrected chi connectivity index (χ1v) is 27.1. The van der Waals surface area contributed by atoms with E-state index in [4.69, 9.17) is 0 Å². The molecule has 0 aromatic rings. The van der Waals surface area contributed by atoms with Crippen LogP contribution in [0.3, 0.4) is 0 Å². The smallest absolute Gasteiger partial charge is 0.220 e. The third-order valence-electron chi connectivity index (χ3n) is 11.8. The number of hydrogen-bond acceptors (Lipinski definition) is 3. The summed E-state index contributed by atoms with van der Waals surface area (Å²) in [5, 5.41) is 23.1. The van der Waals surface area contributed by atoms with Crippen molar-refractivity contribution in [3.8, 4) is 0 Å². The number of allylic oxidation sites excluding steroid dienone is 17. The molecule has 0 saturated heterocycles. The van der Waals surface area contributed by atoms with Gasteiger partial charge in [-0.3, -0.25) is 4.79 Å². The molecule has 0 heterocycles. The Morgan fingerprint density at radius 3 is 1.03 bits per heavy atom. The SMILES string of the molecule is CC/C=C\C/C=C\C/C=C\C/C=C\C/C=C\C/C=C\C/C=C\C/C=C\CCCCCCCCCCCCCCC(=O)NC(CO)C(O)/C=C/CCCCCCCCCCCCCCC. The number of aliphatic hydroxyl groups excluding tert-OH is 2. The highest BCUT2D eigenvalue weighted by Gasteiger charge is 2.18. The summed E-state index contributed by atoms with van der Waals surface area (Å²) in [5.74, 6) is -0.0698. The van der Waals surface area contributed by atoms with Crippen LogP contribution in [0, 0.1) is 0 Å². The average molecular weight is 886 g/mol. The highest BCUT2D eigenvalue weighted by molar-refractivity contribution is 5.76. The molecule has 0 aromatic carbocycles. The minimum atomic E-state index is -0.845. The summed E-state index contributed by atoms with van der Waals surface area (Å²) in [7, 11) is 0. The fraction of sp³-hybridized carbons (Fsp3) is 0.683. The van der Waals surface area contributed by atoms with Crippen LogP contribution in [0.25, 0.3) is 0 Å². The summed E-state index contributed by atoms with van der Waals surface area (Å²) < 4.78 is 0. The lowest BCUT2D eigenvalue weighted by molar-refractivity contribution is -0.123. The van der Waals surface area contributed by atoms with Gasteiger partial charge in [0.1, 0.15) is 0 Å². The molecule has 0 radical (unpaired) electrons. The number of carbonyl (C=O) groups is 1. The van der Waals surface area contributed by atoms with Gasteiger partial charge in [-0.25, -0.2) is 0 Å². The summed E-state index contributed by atoms with van der Waals surface area (Å²) in [6, 6.07) is -0.629. The number of nitrogens with one attached hydrogen (secondary N) is 1. The van der Waals surface area contributed by atoms with Crippen LogP contribution in [-0.2, 0) is 4.79 Å². The number of hydrogen-bond donors (Lipinski definition) is 3. The fourth-order valence-corrected chi connectivity index (χ4v) is 7.66. The second kappa shape index (κ2) is 54.4. The van der Waals surface area contributed by atoms with E-state index in [0.717, 1.165) is 77.0 Å². The maximum Gasteiger partial charge on any atom is 0.220 e. The summed E-state index contributed by atoms with van der Waals surface area (Å²) in [6.45, 7) is 4.19. The summed E-state index contributed by atoms with van der Waals surface area (Å²) in [6.07, 6.45) is 82.3. The van der Waals surface area contributed by atoms with Crippen LogP contribution in [0.4, 0.5) is 0 Å². The molecule has 0 aliphatic rings. The largest absolute Gasteiger partial charge is 0.394 e. The number of aliphatic hydroxyl groups is 2. The predicted octanol–water partition coefficient (Wildman–Crippen LogP) is 17.9. The van der Waals surface area contributed by atoms with Crippen molar-refractivity contribution in [3.63, 3.8) is 0 Å². The van der Waals surface area contributed by atoms with Crippen LogP contribution in [0.2, 0.25) is 0 Å². The van der Waals surface area contributed by atoms with E-state index in [2.05, 4.69) is 116 Å². The van der Waals surface area contributed by atoms with Gasteiger partial charge >= 0.3 is 0 Å². The van der Waals surface area contributed by atoms with Crippen molar-refractivity contribution >= 4 is 5.91 Å². The number of amides is 1. The zero-order chi connectivity index (χ0) is 46.3. The Labute approximate surface area is 397 Å². The fourth-order valence-electron chi connectivity index (χ4n) is 7.66. The lowest BCUT2D eigenvalue weighted by Gasteiger charge is -2.20. The second-order valence-corrected chi connectivity index (χ2v) is 17.9. The zero-order valence-corrected chi connectivity index (χ0v) is 42.0. The minimum absolute atomic E-state index is 0.0698. The Morgan fingerprint density at radius 1 is 0.391 bits per heavy atom. The van der Waals surface area contributed by atoms with Crippen molar-refractivity contribution in [3.05, 3.63) is 109 Å². The van der Waals surface area contributed by atoms with Gasteiger partial charge in [0.05, 0.1) is 18.8 Å². The Kier molecular flexibility index (Phi) is 51.9. The molecule has 0 saturated carbocycles. The van der Waals surface area contributed by atoms with Gasteiger partial charge in [0.25, 0.3) is 0 Å². The van der Waals surface area contributed by atoms with Crippen LogP contribution >= 0.6 is 0 Å². The van der Waals surface area contributed by atoms with Gasteiger partial charge in [-0.2, -0.15) is 0 Å². The summed E-state index contributed by atoms with van der Waals surface area (Å²) in [4.78, 5) is 12.4. The quantitative estimate of drug-likeness (QED) is 0.0421. The van der Waals surface area contributed by atoms with Gasteiger partial charge in [-0.1, -0.05) is 264 Å². The molecule has 2 atom stereocenters. The molecule has 0 aliphatic heterocycles. The van der Waals surface area contributed by atoms with Crippen LogP contribution in [0.15, 0.2) is 109 Å². The topological polar surface area (TPSA) is 69.6 Å². The first kappa shape index (κ1) is 61.0. The zero-order valence-electron chi connectivity index (χ0n) is 42.0. The van der Waals surface area contributed by atoms with Gasteiger partial charge in [-0.15, -0.1) is 0 Å². The standard InChI is InChI=1S/C60H103NO3/c1-3-5-7-9-11-13-15-17-19-20-21-22-23-24-25-26-27-28-29-30-31-32-33-34-35-36-37-38-39-40-42-44-46-48-50-52-54-56-60(64)61-58(57-62)59(63)55-53-51-49-47-45-43-41-18-16-14-12-10-8-6-4-2/h5,7,11,13,17,19,21-22,24-25,27-28,30-31,33-34,53,55,58-59,62-63H,3-4,6,8-10,12,14-16,18,20,23,26,29,32,35-52,54,56-57H2,1-2H3,(H,61,64)/b7-5-,13-11-,19-17-,22-21-,25-24-,28-27-,31-30-,34-33-,55-53+. The average Bonchev–Trinajstić information content (AvgIpc) is 3.30. The number of rotatable bonds is 48. The van der Waals surface area contributed by atoms with E-state index in [0.29, 0.717) is 6.42 Å². The van der Waals surface area contributed by atoms with Gasteiger partial charge in [0, 0.05) is 6.42 Å². The van der Waals surface area contributed by atoms with Gasteiger partial charge in [0.15, 0.2) is 0 Å².